The number of aliphatic hydroxyl groups is 1. The van der Waals surface area contributed by atoms with Crippen molar-refractivity contribution in [1.82, 2.24) is 0 Å². The molecule has 0 saturated heterocycles. The number of allylic oxidation sites excluding steroid dienone is 2. The first-order valence-electron chi connectivity index (χ1n) is 6.18. The van der Waals surface area contributed by atoms with Gasteiger partial charge in [-0.15, -0.1) is 0 Å². The van der Waals surface area contributed by atoms with Crippen molar-refractivity contribution in [2.75, 3.05) is 0 Å². The normalized spacial score (nSPS) is 24.3. The molecule has 0 saturated carbocycles. The second-order valence-corrected chi connectivity index (χ2v) is 3.34. The van der Waals surface area contributed by atoms with Gasteiger partial charge in [0.15, 0.2) is 0 Å². The van der Waals surface area contributed by atoms with Gasteiger partial charge in [-0.05, 0) is 12.8 Å². The van der Waals surface area contributed by atoms with Crippen molar-refractivity contribution in [2.24, 2.45) is 11.8 Å². The van der Waals surface area contributed by atoms with E-state index in [4.69, 9.17) is 0 Å². The van der Waals surface area contributed by atoms with E-state index in [0.717, 1.165) is 12.8 Å². The molecule has 0 radical (unpaired) electrons. The highest BCUT2D eigenvalue weighted by molar-refractivity contribution is 5.90. The maximum absolute atomic E-state index is 11.7. The first kappa shape index (κ1) is 15.7. The molecular formula is C13H21FO3. The van der Waals surface area contributed by atoms with Crippen molar-refractivity contribution < 1.29 is 19.4 Å². The Balaban J connectivity index is 0.000000581. The van der Waals surface area contributed by atoms with E-state index in [2.05, 4.69) is 4.94 Å². The van der Waals surface area contributed by atoms with Crippen molar-refractivity contribution in [3.05, 3.63) is 23.5 Å². The minimum absolute atomic E-state index is 0.0265. The molecule has 0 spiro atoms. The van der Waals surface area contributed by atoms with Crippen LogP contribution in [0.5, 0.6) is 0 Å². The number of halogens is 1. The van der Waals surface area contributed by atoms with E-state index in [1.165, 1.54) is 0 Å². The lowest BCUT2D eigenvalue weighted by Crippen LogP contribution is -2.26. The summed E-state index contributed by atoms with van der Waals surface area (Å²) in [5.41, 5.74) is 0.0845. The largest absolute Gasteiger partial charge is 0.511 e. The topological polar surface area (TPSA) is 46.5 Å². The van der Waals surface area contributed by atoms with Crippen LogP contribution in [0, 0.1) is 11.8 Å². The molecule has 3 rings (SSSR count). The Labute approximate surface area is 102 Å². The Morgan fingerprint density at radius 1 is 1.24 bits per heavy atom. The molecule has 3 aliphatic carbocycles. The van der Waals surface area contributed by atoms with Gasteiger partial charge in [-0.1, -0.05) is 39.8 Å². The fourth-order valence-electron chi connectivity index (χ4n) is 1.98. The van der Waals surface area contributed by atoms with Gasteiger partial charge in [-0.3, -0.25) is 0 Å². The molecule has 0 aliphatic heterocycles. The van der Waals surface area contributed by atoms with Gasteiger partial charge in [0.1, 0.15) is 5.76 Å². The summed E-state index contributed by atoms with van der Waals surface area (Å²) in [6.07, 6.45) is 5.25. The lowest BCUT2D eigenvalue weighted by molar-refractivity contribution is -0.179. The lowest BCUT2D eigenvalue weighted by Gasteiger charge is -2.30. The van der Waals surface area contributed by atoms with Crippen LogP contribution in [0.1, 0.15) is 40.5 Å². The summed E-state index contributed by atoms with van der Waals surface area (Å²) in [5, 5.41) is 9.52. The molecule has 0 aromatic heterocycles. The first-order chi connectivity index (χ1) is 8.24. The molecule has 2 atom stereocenters. The molecule has 2 bridgehead atoms. The van der Waals surface area contributed by atoms with Crippen LogP contribution in [0.2, 0.25) is 0 Å². The van der Waals surface area contributed by atoms with Crippen LogP contribution in [-0.4, -0.2) is 11.1 Å². The van der Waals surface area contributed by atoms with Crippen LogP contribution in [0.4, 0.5) is 4.53 Å². The Hall–Kier alpha value is -1.32. The summed E-state index contributed by atoms with van der Waals surface area (Å²) in [4.78, 5) is 14.0. The predicted octanol–water partition coefficient (Wildman–Crippen LogP) is 3.87. The summed E-state index contributed by atoms with van der Waals surface area (Å²) in [5.74, 6) is -1.38. The Morgan fingerprint density at radius 3 is 2.06 bits per heavy atom. The summed E-state index contributed by atoms with van der Waals surface area (Å²) in [6.45, 7) is 8.00. The van der Waals surface area contributed by atoms with Crippen molar-refractivity contribution >= 4 is 5.97 Å². The van der Waals surface area contributed by atoms with Gasteiger partial charge in [-0.2, -0.15) is 0 Å². The van der Waals surface area contributed by atoms with Crippen molar-refractivity contribution in [3.63, 3.8) is 0 Å². The number of hydrogen-bond donors (Lipinski definition) is 1. The molecule has 0 heterocycles. The maximum atomic E-state index is 11.7. The van der Waals surface area contributed by atoms with E-state index in [9.17, 15) is 14.4 Å². The smallest absolute Gasteiger partial charge is 0.379 e. The fraction of sp³-hybridized carbons (Fsp3) is 0.615. The van der Waals surface area contributed by atoms with E-state index < -0.39 is 5.97 Å². The van der Waals surface area contributed by atoms with Gasteiger partial charge in [0.2, 0.25) is 0 Å². The summed E-state index contributed by atoms with van der Waals surface area (Å²) in [6, 6.07) is 0. The molecule has 0 aromatic rings. The third-order valence-electron chi connectivity index (χ3n) is 2.65. The van der Waals surface area contributed by atoms with Crippen LogP contribution < -0.4 is 0 Å². The van der Waals surface area contributed by atoms with Crippen LogP contribution in [0.25, 0.3) is 0 Å². The van der Waals surface area contributed by atoms with Crippen molar-refractivity contribution in [1.29, 1.82) is 0 Å². The zero-order valence-corrected chi connectivity index (χ0v) is 10.9. The third kappa shape index (κ3) is 3.32. The number of fused-ring (bicyclic) bond motifs is 1. The minimum Gasteiger partial charge on any atom is -0.511 e. The molecule has 1 N–H and O–H groups in total. The highest BCUT2D eigenvalue weighted by Crippen LogP contribution is 2.39. The summed E-state index contributed by atoms with van der Waals surface area (Å²) >= 11 is 0. The molecule has 2 unspecified atom stereocenters. The van der Waals surface area contributed by atoms with Crippen LogP contribution >= 0.6 is 0 Å². The van der Waals surface area contributed by atoms with Crippen molar-refractivity contribution in [2.45, 2.75) is 40.5 Å². The number of carbonyl (C=O) groups is 1. The maximum Gasteiger partial charge on any atom is 0.379 e. The highest BCUT2D eigenvalue weighted by atomic mass is 19.3. The Morgan fingerprint density at radius 2 is 1.71 bits per heavy atom. The minimum atomic E-state index is -1.06. The number of aliphatic hydroxyl groups excluding tert-OH is 1. The second-order valence-electron chi connectivity index (χ2n) is 3.34. The first-order valence-corrected chi connectivity index (χ1v) is 6.18. The van der Waals surface area contributed by atoms with Gasteiger partial charge in [0.05, 0.1) is 5.57 Å². The summed E-state index contributed by atoms with van der Waals surface area (Å²) in [7, 11) is 0. The van der Waals surface area contributed by atoms with Gasteiger partial charge < -0.3 is 5.11 Å². The van der Waals surface area contributed by atoms with Crippen molar-refractivity contribution in [3.8, 4) is 0 Å². The molecule has 17 heavy (non-hydrogen) atoms. The fourth-order valence-corrected chi connectivity index (χ4v) is 1.98. The molecule has 0 amide bonds. The van der Waals surface area contributed by atoms with Gasteiger partial charge in [0, 0.05) is 16.4 Å². The van der Waals surface area contributed by atoms with E-state index in [0.29, 0.717) is 0 Å². The average molecular weight is 244 g/mol. The predicted molar refractivity (Wildman–Crippen MR) is 64.9 cm³/mol. The SMILES string of the molecule is CC.CC.O=C(OF)C1=C(O)C2C=CC1CC2. The van der Waals surface area contributed by atoms with E-state index >= 15 is 0 Å². The van der Waals surface area contributed by atoms with E-state index in [1.54, 1.807) is 0 Å². The van der Waals surface area contributed by atoms with Crippen LogP contribution in [0.3, 0.4) is 0 Å². The Kier molecular flexibility index (Phi) is 7.26. The quantitative estimate of drug-likeness (QED) is 0.712. The van der Waals surface area contributed by atoms with Gasteiger partial charge in [0.25, 0.3) is 0 Å². The molecule has 98 valence electrons. The average Bonchev–Trinajstić information content (AvgIpc) is 2.44. The number of hydrogen-bond acceptors (Lipinski definition) is 3. The van der Waals surface area contributed by atoms with E-state index in [-0.39, 0.29) is 23.2 Å². The monoisotopic (exact) mass is 244 g/mol. The zero-order chi connectivity index (χ0) is 13.4. The third-order valence-corrected chi connectivity index (χ3v) is 2.65. The molecule has 3 nitrogen and oxygen atoms in total. The molecular weight excluding hydrogens is 223 g/mol. The van der Waals surface area contributed by atoms with Gasteiger partial charge in [-0.25, -0.2) is 9.74 Å². The zero-order valence-electron chi connectivity index (χ0n) is 10.9. The molecule has 4 heteroatoms. The van der Waals surface area contributed by atoms with Crippen LogP contribution in [-0.2, 0) is 9.74 Å². The highest BCUT2D eigenvalue weighted by Gasteiger charge is 2.36. The standard InChI is InChI=1S/C9H9FO3.2C2H6/c10-13-9(12)7-5-1-3-6(4-2-5)8(7)11;2*1-2/h1,3,5-6,11H,2,4H2;2*1-2H3. The Bertz CT molecular complexity index is 308. The van der Waals surface area contributed by atoms with Gasteiger partial charge >= 0.3 is 5.97 Å². The van der Waals surface area contributed by atoms with E-state index in [1.807, 2.05) is 39.8 Å². The number of carbonyl (C=O) groups excluding carboxylic acids is 1. The lowest BCUT2D eigenvalue weighted by atomic mass is 9.75. The second kappa shape index (κ2) is 7.87. The molecule has 3 aliphatic rings. The number of rotatable bonds is 1. The molecule has 0 aromatic carbocycles. The van der Waals surface area contributed by atoms with Crippen LogP contribution in [0.15, 0.2) is 23.5 Å². The molecule has 0 fully saturated rings. The summed E-state index contributed by atoms with van der Waals surface area (Å²) < 4.78 is 11.7.